The predicted molar refractivity (Wildman–Crippen MR) is 59.5 cm³/mol. The highest BCUT2D eigenvalue weighted by Crippen LogP contribution is 2.13. The molecule has 0 saturated carbocycles. The number of aliphatic hydroxyl groups is 1. The Morgan fingerprint density at radius 1 is 1.60 bits per heavy atom. The van der Waals surface area contributed by atoms with Gasteiger partial charge in [0.1, 0.15) is 0 Å². The summed E-state index contributed by atoms with van der Waals surface area (Å²) in [5.74, 6) is 0.595. The molecule has 1 aliphatic rings. The number of likely N-dealkylation sites (tertiary alicyclic amines) is 1. The van der Waals surface area contributed by atoms with Gasteiger partial charge in [0.2, 0.25) is 5.91 Å². The second-order valence-corrected chi connectivity index (χ2v) is 4.70. The first-order chi connectivity index (χ1) is 7.04. The van der Waals surface area contributed by atoms with Crippen LogP contribution in [0.4, 0.5) is 0 Å². The van der Waals surface area contributed by atoms with Crippen LogP contribution in [0.1, 0.15) is 26.7 Å². The molecule has 0 radical (unpaired) electrons. The van der Waals surface area contributed by atoms with Crippen LogP contribution in [0, 0.1) is 5.92 Å². The molecule has 1 rings (SSSR count). The van der Waals surface area contributed by atoms with E-state index >= 15 is 0 Å². The number of β-amino-alcohol motifs (C(OH)–C–C–N with tert-alkyl or cyclic N) is 1. The number of hydrogen-bond acceptors (Lipinski definition) is 3. The van der Waals surface area contributed by atoms with Crippen LogP contribution < -0.4 is 5.32 Å². The zero-order chi connectivity index (χ0) is 11.4. The third-order valence-corrected chi connectivity index (χ3v) is 2.82. The first-order valence-corrected chi connectivity index (χ1v) is 5.68. The average molecular weight is 214 g/mol. The normalized spacial score (nSPS) is 23.9. The van der Waals surface area contributed by atoms with E-state index in [1.165, 1.54) is 0 Å². The Balaban J connectivity index is 2.36. The topological polar surface area (TPSA) is 52.6 Å². The van der Waals surface area contributed by atoms with Gasteiger partial charge >= 0.3 is 0 Å². The molecule has 0 bridgehead atoms. The molecule has 15 heavy (non-hydrogen) atoms. The van der Waals surface area contributed by atoms with Gasteiger partial charge in [0, 0.05) is 13.1 Å². The van der Waals surface area contributed by atoms with Crippen molar-refractivity contribution < 1.29 is 9.90 Å². The van der Waals surface area contributed by atoms with E-state index in [4.69, 9.17) is 0 Å². The summed E-state index contributed by atoms with van der Waals surface area (Å²) in [5, 5.41) is 12.7. The summed E-state index contributed by atoms with van der Waals surface area (Å²) in [6, 6.07) is -0.0451. The Bertz CT molecular complexity index is 219. The summed E-state index contributed by atoms with van der Waals surface area (Å²) in [4.78, 5) is 13.5. The summed E-state index contributed by atoms with van der Waals surface area (Å²) in [7, 11) is 1.80. The zero-order valence-corrected chi connectivity index (χ0v) is 9.86. The summed E-state index contributed by atoms with van der Waals surface area (Å²) in [5.41, 5.74) is 0. The molecule has 0 aliphatic carbocycles. The molecule has 1 amide bonds. The van der Waals surface area contributed by atoms with Gasteiger partial charge in [0.15, 0.2) is 0 Å². The summed E-state index contributed by atoms with van der Waals surface area (Å²) in [6.45, 7) is 5.39. The minimum atomic E-state index is -0.385. The number of likely N-dealkylation sites (N-methyl/N-ethyl adjacent to an activating group) is 1. The summed E-state index contributed by atoms with van der Waals surface area (Å²) in [6.07, 6.45) is 1.22. The lowest BCUT2D eigenvalue weighted by Crippen LogP contribution is -2.40. The van der Waals surface area contributed by atoms with Crippen molar-refractivity contribution in [3.05, 3.63) is 0 Å². The van der Waals surface area contributed by atoms with Crippen molar-refractivity contribution >= 4 is 5.91 Å². The van der Waals surface area contributed by atoms with Gasteiger partial charge in [0.05, 0.1) is 12.1 Å². The molecule has 4 nitrogen and oxygen atoms in total. The molecule has 0 aromatic heterocycles. The first kappa shape index (κ1) is 12.5. The molecular formula is C11H22N2O2. The van der Waals surface area contributed by atoms with Gasteiger partial charge in [-0.15, -0.1) is 0 Å². The highest BCUT2D eigenvalue weighted by molar-refractivity contribution is 5.83. The Labute approximate surface area is 91.6 Å². The third-order valence-electron chi connectivity index (χ3n) is 2.82. The molecule has 1 aliphatic heterocycles. The number of rotatable bonds is 5. The third kappa shape index (κ3) is 3.47. The van der Waals surface area contributed by atoms with Gasteiger partial charge < -0.3 is 15.3 Å². The van der Waals surface area contributed by atoms with Crippen molar-refractivity contribution in [1.29, 1.82) is 0 Å². The molecule has 1 saturated heterocycles. The number of carbonyl (C=O) groups excluding carboxylic acids is 1. The number of aliphatic hydroxyl groups excluding tert-OH is 1. The van der Waals surface area contributed by atoms with Crippen LogP contribution in [-0.2, 0) is 4.79 Å². The Morgan fingerprint density at radius 3 is 2.73 bits per heavy atom. The smallest absolute Gasteiger partial charge is 0.239 e. The van der Waals surface area contributed by atoms with E-state index in [-0.39, 0.29) is 18.1 Å². The molecule has 1 heterocycles. The van der Waals surface area contributed by atoms with Crippen LogP contribution in [0.3, 0.4) is 0 Å². The van der Waals surface area contributed by atoms with Crippen molar-refractivity contribution in [2.75, 3.05) is 20.1 Å². The first-order valence-electron chi connectivity index (χ1n) is 5.68. The van der Waals surface area contributed by atoms with Crippen molar-refractivity contribution in [2.24, 2.45) is 5.92 Å². The summed E-state index contributed by atoms with van der Waals surface area (Å²) < 4.78 is 0. The number of amides is 1. The Kier molecular flexibility index (Phi) is 4.54. The van der Waals surface area contributed by atoms with E-state index in [1.807, 2.05) is 0 Å². The quantitative estimate of drug-likeness (QED) is 0.688. The van der Waals surface area contributed by atoms with Crippen molar-refractivity contribution in [3.8, 4) is 0 Å². The monoisotopic (exact) mass is 214 g/mol. The maximum atomic E-state index is 11.7. The summed E-state index contributed by atoms with van der Waals surface area (Å²) >= 11 is 0. The van der Waals surface area contributed by atoms with Gasteiger partial charge in [-0.1, -0.05) is 13.8 Å². The van der Waals surface area contributed by atoms with E-state index in [0.717, 1.165) is 19.4 Å². The van der Waals surface area contributed by atoms with Crippen molar-refractivity contribution in [3.63, 3.8) is 0 Å². The van der Waals surface area contributed by atoms with E-state index in [0.29, 0.717) is 12.5 Å². The second kappa shape index (κ2) is 5.47. The van der Waals surface area contributed by atoms with Crippen LogP contribution >= 0.6 is 0 Å². The standard InChI is InChI=1S/C11H22N2O2/c1-8(2)6-9(14)7-13-5-4-10(12-3)11(13)15/h8-10,12,14H,4-7H2,1-3H3. The van der Waals surface area contributed by atoms with E-state index in [2.05, 4.69) is 19.2 Å². The fourth-order valence-electron chi connectivity index (χ4n) is 2.06. The number of nitrogens with zero attached hydrogens (tertiary/aromatic N) is 1. The highest BCUT2D eigenvalue weighted by atomic mass is 16.3. The number of carbonyl (C=O) groups is 1. The van der Waals surface area contributed by atoms with Crippen LogP contribution in [0.5, 0.6) is 0 Å². The fourth-order valence-corrected chi connectivity index (χ4v) is 2.06. The minimum Gasteiger partial charge on any atom is -0.391 e. The zero-order valence-electron chi connectivity index (χ0n) is 9.86. The molecule has 1 fully saturated rings. The van der Waals surface area contributed by atoms with Gasteiger partial charge in [0.25, 0.3) is 0 Å². The van der Waals surface area contributed by atoms with E-state index in [9.17, 15) is 9.90 Å². The minimum absolute atomic E-state index is 0.0451. The van der Waals surface area contributed by atoms with Crippen LogP contribution in [0.2, 0.25) is 0 Å². The molecule has 0 aromatic carbocycles. The highest BCUT2D eigenvalue weighted by Gasteiger charge is 2.31. The number of nitrogens with one attached hydrogen (secondary N) is 1. The predicted octanol–water partition coefficient (Wildman–Crippen LogP) is 0.214. The molecule has 2 unspecified atom stereocenters. The van der Waals surface area contributed by atoms with E-state index < -0.39 is 0 Å². The second-order valence-electron chi connectivity index (χ2n) is 4.70. The fraction of sp³-hybridized carbons (Fsp3) is 0.909. The molecule has 0 spiro atoms. The SMILES string of the molecule is CNC1CCN(CC(O)CC(C)C)C1=O. The molecule has 0 aromatic rings. The van der Waals surface area contributed by atoms with E-state index in [1.54, 1.807) is 11.9 Å². The van der Waals surface area contributed by atoms with Crippen LogP contribution in [0.25, 0.3) is 0 Å². The average Bonchev–Trinajstić information content (AvgIpc) is 2.46. The molecule has 88 valence electrons. The number of hydrogen-bond donors (Lipinski definition) is 2. The lowest BCUT2D eigenvalue weighted by atomic mass is 10.1. The molecule has 2 N–H and O–H groups in total. The lowest BCUT2D eigenvalue weighted by molar-refractivity contribution is -0.130. The van der Waals surface area contributed by atoms with Crippen LogP contribution in [0.15, 0.2) is 0 Å². The maximum Gasteiger partial charge on any atom is 0.239 e. The van der Waals surface area contributed by atoms with Gasteiger partial charge in [-0.3, -0.25) is 4.79 Å². The molecule has 4 heteroatoms. The Morgan fingerprint density at radius 2 is 2.27 bits per heavy atom. The molecule has 2 atom stereocenters. The lowest BCUT2D eigenvalue weighted by Gasteiger charge is -2.21. The Hall–Kier alpha value is -0.610. The largest absolute Gasteiger partial charge is 0.391 e. The molecular weight excluding hydrogens is 192 g/mol. The van der Waals surface area contributed by atoms with Gasteiger partial charge in [-0.2, -0.15) is 0 Å². The van der Waals surface area contributed by atoms with Crippen LogP contribution in [-0.4, -0.2) is 48.2 Å². The van der Waals surface area contributed by atoms with Crippen molar-refractivity contribution in [2.45, 2.75) is 38.8 Å². The van der Waals surface area contributed by atoms with Crippen molar-refractivity contribution in [1.82, 2.24) is 10.2 Å². The van der Waals surface area contributed by atoms with Gasteiger partial charge in [-0.05, 0) is 25.8 Å². The maximum absolute atomic E-state index is 11.7. The van der Waals surface area contributed by atoms with Gasteiger partial charge in [-0.25, -0.2) is 0 Å².